The van der Waals surface area contributed by atoms with E-state index in [1.54, 1.807) is 0 Å². The molecule has 0 aromatic carbocycles. The van der Waals surface area contributed by atoms with Crippen molar-refractivity contribution >= 4 is 21.9 Å². The molecule has 1 N–H and O–H groups in total. The Hall–Kier alpha value is -0.910. The standard InChI is InChI=1S/C7H10BrNO4/c1-11-6(10)5-7(12-2)13-4(3-8)9-5/h4,9H,3H2,1-2H3. The van der Waals surface area contributed by atoms with Gasteiger partial charge in [-0.3, -0.25) is 0 Å². The van der Waals surface area contributed by atoms with Gasteiger partial charge in [0, 0.05) is 0 Å². The van der Waals surface area contributed by atoms with E-state index in [-0.39, 0.29) is 17.9 Å². The molecule has 0 spiro atoms. The maximum absolute atomic E-state index is 11.1. The van der Waals surface area contributed by atoms with Crippen molar-refractivity contribution in [2.75, 3.05) is 19.5 Å². The highest BCUT2D eigenvalue weighted by Crippen LogP contribution is 2.17. The second-order valence-corrected chi connectivity index (χ2v) is 2.91. The summed E-state index contributed by atoms with van der Waals surface area (Å²) < 4.78 is 14.6. The molecule has 0 aliphatic carbocycles. The average Bonchev–Trinajstić information content (AvgIpc) is 2.59. The van der Waals surface area contributed by atoms with Gasteiger partial charge in [-0.15, -0.1) is 0 Å². The largest absolute Gasteiger partial charge is 0.467 e. The number of halogens is 1. The van der Waals surface area contributed by atoms with E-state index >= 15 is 0 Å². The Kier molecular flexibility index (Phi) is 3.41. The molecule has 74 valence electrons. The zero-order valence-corrected chi connectivity index (χ0v) is 8.88. The molecule has 1 aliphatic rings. The monoisotopic (exact) mass is 251 g/mol. The summed E-state index contributed by atoms with van der Waals surface area (Å²) in [5.74, 6) is -0.336. The van der Waals surface area contributed by atoms with Gasteiger partial charge >= 0.3 is 11.9 Å². The minimum atomic E-state index is -0.500. The molecule has 1 aliphatic heterocycles. The first-order valence-electron chi connectivity index (χ1n) is 3.58. The summed E-state index contributed by atoms with van der Waals surface area (Å²) in [6, 6.07) is 0. The highest BCUT2D eigenvalue weighted by Gasteiger charge is 2.30. The van der Waals surface area contributed by atoms with Gasteiger partial charge in [-0.05, 0) is 0 Å². The molecule has 0 saturated carbocycles. The number of esters is 1. The van der Waals surface area contributed by atoms with E-state index in [0.717, 1.165) is 0 Å². The Labute approximate surface area is 84.2 Å². The molecular weight excluding hydrogens is 242 g/mol. The van der Waals surface area contributed by atoms with Crippen LogP contribution in [0.5, 0.6) is 0 Å². The number of methoxy groups -OCH3 is 2. The molecule has 5 nitrogen and oxygen atoms in total. The summed E-state index contributed by atoms with van der Waals surface area (Å²) >= 11 is 3.21. The van der Waals surface area contributed by atoms with Gasteiger partial charge in [-0.2, -0.15) is 0 Å². The van der Waals surface area contributed by atoms with Gasteiger partial charge in [-0.1, -0.05) is 15.9 Å². The second-order valence-electron chi connectivity index (χ2n) is 2.26. The second kappa shape index (κ2) is 4.36. The van der Waals surface area contributed by atoms with Crippen LogP contribution in [0.2, 0.25) is 0 Å². The molecule has 0 saturated heterocycles. The maximum atomic E-state index is 11.1. The molecule has 0 aromatic heterocycles. The molecule has 13 heavy (non-hydrogen) atoms. The Morgan fingerprint density at radius 3 is 2.85 bits per heavy atom. The van der Waals surface area contributed by atoms with Crippen LogP contribution < -0.4 is 5.32 Å². The third kappa shape index (κ3) is 2.06. The zero-order valence-electron chi connectivity index (χ0n) is 7.30. The molecule has 0 radical (unpaired) electrons. The smallest absolute Gasteiger partial charge is 0.361 e. The summed E-state index contributed by atoms with van der Waals surface area (Å²) in [7, 11) is 2.72. The maximum Gasteiger partial charge on any atom is 0.361 e. The number of alkyl halides is 1. The zero-order chi connectivity index (χ0) is 9.84. The third-order valence-corrected chi connectivity index (χ3v) is 2.06. The fourth-order valence-corrected chi connectivity index (χ4v) is 1.20. The Bertz CT molecular complexity index is 241. The third-order valence-electron chi connectivity index (χ3n) is 1.47. The van der Waals surface area contributed by atoms with E-state index in [1.165, 1.54) is 14.2 Å². The minimum Gasteiger partial charge on any atom is -0.467 e. The predicted octanol–water partition coefficient (Wildman–Crippen LogP) is 0.316. The number of carbonyl (C=O) groups is 1. The van der Waals surface area contributed by atoms with Crippen LogP contribution in [0.1, 0.15) is 0 Å². The number of hydrogen-bond acceptors (Lipinski definition) is 5. The van der Waals surface area contributed by atoms with E-state index in [1.807, 2.05) is 0 Å². The van der Waals surface area contributed by atoms with Gasteiger partial charge in [0.25, 0.3) is 0 Å². The van der Waals surface area contributed by atoms with Crippen LogP contribution >= 0.6 is 15.9 Å². The van der Waals surface area contributed by atoms with Crippen molar-refractivity contribution < 1.29 is 19.0 Å². The lowest BCUT2D eigenvalue weighted by atomic mass is 10.4. The van der Waals surface area contributed by atoms with E-state index < -0.39 is 5.97 Å². The van der Waals surface area contributed by atoms with Crippen LogP contribution in [0.25, 0.3) is 0 Å². The van der Waals surface area contributed by atoms with Crippen molar-refractivity contribution in [1.82, 2.24) is 5.32 Å². The van der Waals surface area contributed by atoms with Crippen molar-refractivity contribution in [3.05, 3.63) is 11.6 Å². The quantitative estimate of drug-likeness (QED) is 0.579. The topological polar surface area (TPSA) is 56.8 Å². The fourth-order valence-electron chi connectivity index (χ4n) is 0.902. The first kappa shape index (κ1) is 10.2. The predicted molar refractivity (Wildman–Crippen MR) is 47.9 cm³/mol. The Balaban J connectivity index is 2.73. The first-order chi connectivity index (χ1) is 6.22. The van der Waals surface area contributed by atoms with E-state index in [0.29, 0.717) is 5.33 Å². The highest BCUT2D eigenvalue weighted by atomic mass is 79.9. The number of nitrogens with one attached hydrogen (secondary N) is 1. The number of hydrogen-bond donors (Lipinski definition) is 1. The van der Waals surface area contributed by atoms with Crippen LogP contribution in [0.4, 0.5) is 0 Å². The molecule has 0 fully saturated rings. The Morgan fingerprint density at radius 2 is 2.38 bits per heavy atom. The number of carbonyl (C=O) groups excluding carboxylic acids is 1. The van der Waals surface area contributed by atoms with E-state index in [2.05, 4.69) is 26.0 Å². The van der Waals surface area contributed by atoms with Crippen LogP contribution in [0.3, 0.4) is 0 Å². The van der Waals surface area contributed by atoms with Crippen LogP contribution in [-0.4, -0.2) is 31.7 Å². The summed E-state index contributed by atoms with van der Waals surface area (Å²) in [6.07, 6.45) is -0.288. The molecule has 0 amide bonds. The molecule has 1 atom stereocenters. The molecular formula is C7H10BrNO4. The van der Waals surface area contributed by atoms with Crippen LogP contribution in [-0.2, 0) is 19.0 Å². The van der Waals surface area contributed by atoms with Crippen molar-refractivity contribution in [3.8, 4) is 0 Å². The SMILES string of the molecule is COC(=O)C1=C(OC)OC(CBr)N1. The number of ether oxygens (including phenoxy) is 3. The minimum absolute atomic E-state index is 0.163. The summed E-state index contributed by atoms with van der Waals surface area (Å²) in [4.78, 5) is 11.1. The van der Waals surface area contributed by atoms with Gasteiger partial charge in [0.15, 0.2) is 6.23 Å². The summed E-state index contributed by atoms with van der Waals surface area (Å²) in [6.45, 7) is 0. The van der Waals surface area contributed by atoms with Gasteiger partial charge in [0.05, 0.1) is 19.5 Å². The highest BCUT2D eigenvalue weighted by molar-refractivity contribution is 9.09. The molecule has 1 unspecified atom stereocenters. The van der Waals surface area contributed by atoms with Gasteiger partial charge in [-0.25, -0.2) is 4.79 Å². The van der Waals surface area contributed by atoms with Crippen molar-refractivity contribution in [1.29, 1.82) is 0 Å². The lowest BCUT2D eigenvalue weighted by Gasteiger charge is -2.07. The normalized spacial score (nSPS) is 20.7. The van der Waals surface area contributed by atoms with Gasteiger partial charge in [0.2, 0.25) is 5.70 Å². The molecule has 1 rings (SSSR count). The summed E-state index contributed by atoms with van der Waals surface area (Å²) in [5.41, 5.74) is 0.217. The van der Waals surface area contributed by atoms with Crippen molar-refractivity contribution in [2.45, 2.75) is 6.23 Å². The van der Waals surface area contributed by atoms with E-state index in [9.17, 15) is 4.79 Å². The van der Waals surface area contributed by atoms with E-state index in [4.69, 9.17) is 9.47 Å². The fraction of sp³-hybridized carbons (Fsp3) is 0.571. The van der Waals surface area contributed by atoms with Crippen LogP contribution in [0.15, 0.2) is 11.6 Å². The molecule has 0 bridgehead atoms. The summed E-state index contributed by atoms with van der Waals surface area (Å²) in [5, 5.41) is 3.36. The van der Waals surface area contributed by atoms with Gasteiger partial charge < -0.3 is 19.5 Å². The van der Waals surface area contributed by atoms with Gasteiger partial charge in [0.1, 0.15) is 0 Å². The lowest BCUT2D eigenvalue weighted by molar-refractivity contribution is -0.136. The van der Waals surface area contributed by atoms with Crippen LogP contribution in [0, 0.1) is 0 Å². The molecule has 0 aromatic rings. The van der Waals surface area contributed by atoms with Crippen molar-refractivity contribution in [3.63, 3.8) is 0 Å². The average molecular weight is 252 g/mol. The number of rotatable bonds is 3. The first-order valence-corrected chi connectivity index (χ1v) is 4.70. The molecule has 1 heterocycles. The van der Waals surface area contributed by atoms with Crippen molar-refractivity contribution in [2.24, 2.45) is 0 Å². The Morgan fingerprint density at radius 1 is 1.69 bits per heavy atom. The lowest BCUT2D eigenvalue weighted by Crippen LogP contribution is -2.28. The molecule has 6 heteroatoms.